The van der Waals surface area contributed by atoms with Crippen molar-refractivity contribution in [1.82, 2.24) is 15.6 Å². The highest BCUT2D eigenvalue weighted by molar-refractivity contribution is 5.81. The van der Waals surface area contributed by atoms with Crippen LogP contribution in [-0.2, 0) is 11.3 Å². The second-order valence-corrected chi connectivity index (χ2v) is 4.08. The van der Waals surface area contributed by atoms with E-state index in [0.29, 0.717) is 6.54 Å². The predicted molar refractivity (Wildman–Crippen MR) is 61.7 cm³/mol. The zero-order valence-corrected chi connectivity index (χ0v) is 9.28. The van der Waals surface area contributed by atoms with Gasteiger partial charge >= 0.3 is 0 Å². The average Bonchev–Trinajstić information content (AvgIpc) is 2.38. The Morgan fingerprint density at radius 2 is 2.25 bits per heavy atom. The van der Waals surface area contributed by atoms with Crippen molar-refractivity contribution in [2.45, 2.75) is 31.8 Å². The zero-order valence-electron chi connectivity index (χ0n) is 9.28. The van der Waals surface area contributed by atoms with Gasteiger partial charge < -0.3 is 10.6 Å². The summed E-state index contributed by atoms with van der Waals surface area (Å²) in [4.78, 5) is 15.7. The van der Waals surface area contributed by atoms with Crippen LogP contribution in [0.2, 0.25) is 0 Å². The van der Waals surface area contributed by atoms with E-state index in [1.54, 1.807) is 12.4 Å². The monoisotopic (exact) mass is 219 g/mol. The first-order chi connectivity index (χ1) is 7.86. The number of hydrogen-bond donors (Lipinski definition) is 2. The number of aromatic nitrogens is 1. The van der Waals surface area contributed by atoms with Crippen LogP contribution in [0, 0.1) is 0 Å². The number of nitrogens with one attached hydrogen (secondary N) is 2. The third kappa shape index (κ3) is 3.03. The average molecular weight is 219 g/mol. The van der Waals surface area contributed by atoms with Crippen molar-refractivity contribution in [3.8, 4) is 0 Å². The van der Waals surface area contributed by atoms with Crippen LogP contribution in [0.4, 0.5) is 0 Å². The Bertz CT molecular complexity index is 333. The van der Waals surface area contributed by atoms with Gasteiger partial charge in [-0.05, 0) is 37.1 Å². The predicted octanol–water partition coefficient (Wildman–Crippen LogP) is 0.840. The lowest BCUT2D eigenvalue weighted by molar-refractivity contribution is -0.123. The maximum absolute atomic E-state index is 11.8. The molecule has 0 unspecified atom stereocenters. The third-order valence-electron chi connectivity index (χ3n) is 2.84. The summed E-state index contributed by atoms with van der Waals surface area (Å²) >= 11 is 0. The van der Waals surface area contributed by atoms with Crippen molar-refractivity contribution in [1.29, 1.82) is 0 Å². The van der Waals surface area contributed by atoms with Gasteiger partial charge in [0.15, 0.2) is 0 Å². The molecule has 0 bridgehead atoms. The van der Waals surface area contributed by atoms with E-state index in [1.807, 2.05) is 12.1 Å². The standard InChI is InChI=1S/C12H17N3O/c16-12(11-3-1-2-6-14-11)15-9-10-4-7-13-8-5-10/h4-5,7-8,11,14H,1-3,6,9H2,(H,15,16)/t11-/m0/s1. The molecular formula is C12H17N3O. The molecule has 0 spiro atoms. The van der Waals surface area contributed by atoms with Crippen molar-refractivity contribution >= 4 is 5.91 Å². The molecule has 0 radical (unpaired) electrons. The molecule has 1 aliphatic heterocycles. The summed E-state index contributed by atoms with van der Waals surface area (Å²) in [6, 6.07) is 3.82. The van der Waals surface area contributed by atoms with E-state index in [2.05, 4.69) is 15.6 Å². The first-order valence-corrected chi connectivity index (χ1v) is 5.76. The molecule has 0 aliphatic carbocycles. The van der Waals surface area contributed by atoms with Gasteiger partial charge in [0.2, 0.25) is 5.91 Å². The van der Waals surface area contributed by atoms with Crippen LogP contribution in [0.5, 0.6) is 0 Å². The number of pyridine rings is 1. The summed E-state index contributed by atoms with van der Waals surface area (Å²) in [6.45, 7) is 1.53. The minimum absolute atomic E-state index is 0.00409. The van der Waals surface area contributed by atoms with Gasteiger partial charge in [-0.3, -0.25) is 9.78 Å². The smallest absolute Gasteiger partial charge is 0.237 e. The summed E-state index contributed by atoms with van der Waals surface area (Å²) in [5.74, 6) is 0.108. The Kier molecular flexibility index (Phi) is 3.88. The van der Waals surface area contributed by atoms with Crippen molar-refractivity contribution in [3.05, 3.63) is 30.1 Å². The molecule has 1 atom stereocenters. The molecule has 2 rings (SSSR count). The maximum Gasteiger partial charge on any atom is 0.237 e. The van der Waals surface area contributed by atoms with Crippen LogP contribution >= 0.6 is 0 Å². The van der Waals surface area contributed by atoms with Crippen LogP contribution < -0.4 is 10.6 Å². The number of carbonyl (C=O) groups excluding carboxylic acids is 1. The molecule has 1 saturated heterocycles. The first-order valence-electron chi connectivity index (χ1n) is 5.76. The fourth-order valence-electron chi connectivity index (χ4n) is 1.89. The summed E-state index contributed by atoms with van der Waals surface area (Å²) in [5.41, 5.74) is 1.08. The molecule has 2 heterocycles. The Morgan fingerprint density at radius 1 is 1.44 bits per heavy atom. The van der Waals surface area contributed by atoms with Gasteiger partial charge in [0.05, 0.1) is 6.04 Å². The first kappa shape index (κ1) is 11.1. The largest absolute Gasteiger partial charge is 0.351 e. The second kappa shape index (κ2) is 5.61. The van der Waals surface area contributed by atoms with E-state index in [4.69, 9.17) is 0 Å². The van der Waals surface area contributed by atoms with Gasteiger partial charge in [0.1, 0.15) is 0 Å². The molecule has 4 nitrogen and oxygen atoms in total. The van der Waals surface area contributed by atoms with Crippen molar-refractivity contribution in [2.75, 3.05) is 6.54 Å². The highest BCUT2D eigenvalue weighted by Crippen LogP contribution is 2.07. The summed E-state index contributed by atoms with van der Waals surface area (Å²) in [6.07, 6.45) is 6.73. The van der Waals surface area contributed by atoms with Gasteiger partial charge in [0.25, 0.3) is 0 Å². The zero-order chi connectivity index (χ0) is 11.2. The van der Waals surface area contributed by atoms with Gasteiger partial charge in [-0.1, -0.05) is 6.42 Å². The number of carbonyl (C=O) groups is 1. The number of piperidine rings is 1. The van der Waals surface area contributed by atoms with Crippen LogP contribution in [0.3, 0.4) is 0 Å². The number of nitrogens with zero attached hydrogens (tertiary/aromatic N) is 1. The minimum Gasteiger partial charge on any atom is -0.351 e. The van der Waals surface area contributed by atoms with E-state index in [1.165, 1.54) is 6.42 Å². The molecular weight excluding hydrogens is 202 g/mol. The van der Waals surface area contributed by atoms with E-state index in [9.17, 15) is 4.79 Å². The summed E-state index contributed by atoms with van der Waals surface area (Å²) in [5, 5.41) is 6.17. The van der Waals surface area contributed by atoms with Crippen LogP contribution in [-0.4, -0.2) is 23.5 Å². The molecule has 86 valence electrons. The SMILES string of the molecule is O=C(NCc1ccncc1)[C@@H]1CCCCN1. The lowest BCUT2D eigenvalue weighted by Crippen LogP contribution is -2.46. The molecule has 16 heavy (non-hydrogen) atoms. The van der Waals surface area contributed by atoms with Gasteiger partial charge in [-0.15, -0.1) is 0 Å². The van der Waals surface area contributed by atoms with E-state index < -0.39 is 0 Å². The molecule has 4 heteroatoms. The summed E-state index contributed by atoms with van der Waals surface area (Å²) in [7, 11) is 0. The molecule has 2 N–H and O–H groups in total. The highest BCUT2D eigenvalue weighted by atomic mass is 16.2. The Hall–Kier alpha value is -1.42. The van der Waals surface area contributed by atoms with Crippen LogP contribution in [0.15, 0.2) is 24.5 Å². The van der Waals surface area contributed by atoms with Crippen LogP contribution in [0.25, 0.3) is 0 Å². The van der Waals surface area contributed by atoms with Gasteiger partial charge in [-0.2, -0.15) is 0 Å². The lowest BCUT2D eigenvalue weighted by atomic mass is 10.0. The van der Waals surface area contributed by atoms with Crippen LogP contribution in [0.1, 0.15) is 24.8 Å². The molecule has 1 aromatic heterocycles. The fraction of sp³-hybridized carbons (Fsp3) is 0.500. The third-order valence-corrected chi connectivity index (χ3v) is 2.84. The normalized spacial score (nSPS) is 20.4. The van der Waals surface area contributed by atoms with E-state index in [0.717, 1.165) is 24.9 Å². The van der Waals surface area contributed by atoms with Crippen molar-refractivity contribution in [2.24, 2.45) is 0 Å². The Morgan fingerprint density at radius 3 is 2.94 bits per heavy atom. The Balaban J connectivity index is 1.79. The fourth-order valence-corrected chi connectivity index (χ4v) is 1.89. The lowest BCUT2D eigenvalue weighted by Gasteiger charge is -2.22. The Labute approximate surface area is 95.5 Å². The number of hydrogen-bond acceptors (Lipinski definition) is 3. The quantitative estimate of drug-likeness (QED) is 0.792. The number of amides is 1. The topological polar surface area (TPSA) is 54.0 Å². The number of rotatable bonds is 3. The molecule has 0 aromatic carbocycles. The minimum atomic E-state index is -0.00409. The maximum atomic E-state index is 11.8. The van der Waals surface area contributed by atoms with E-state index in [-0.39, 0.29) is 11.9 Å². The van der Waals surface area contributed by atoms with Gasteiger partial charge in [0, 0.05) is 18.9 Å². The highest BCUT2D eigenvalue weighted by Gasteiger charge is 2.19. The summed E-state index contributed by atoms with van der Waals surface area (Å²) < 4.78 is 0. The van der Waals surface area contributed by atoms with Crippen molar-refractivity contribution < 1.29 is 4.79 Å². The second-order valence-electron chi connectivity index (χ2n) is 4.08. The molecule has 1 amide bonds. The molecule has 1 aliphatic rings. The van der Waals surface area contributed by atoms with Crippen molar-refractivity contribution in [3.63, 3.8) is 0 Å². The molecule has 1 aromatic rings. The van der Waals surface area contributed by atoms with Gasteiger partial charge in [-0.25, -0.2) is 0 Å². The van der Waals surface area contributed by atoms with E-state index >= 15 is 0 Å². The molecule has 1 fully saturated rings. The molecule has 0 saturated carbocycles.